The highest BCUT2D eigenvalue weighted by Crippen LogP contribution is 2.25. The number of amides is 1. The monoisotopic (exact) mass is 453 g/mol. The zero-order valence-corrected chi connectivity index (χ0v) is 19.2. The molecular formula is C24H27N3O6. The molecule has 0 fully saturated rings. The first kappa shape index (κ1) is 23.8. The summed E-state index contributed by atoms with van der Waals surface area (Å²) in [4.78, 5) is 49.8. The lowest BCUT2D eigenvalue weighted by molar-refractivity contribution is -0.143. The molecule has 3 rings (SSSR count). The molecule has 3 aromatic rings. The smallest absolute Gasteiger partial charge is 0.408 e. The second kappa shape index (κ2) is 9.32. The fourth-order valence-corrected chi connectivity index (χ4v) is 3.52. The SMILES string of the molecule is COC(=O)[C@H](Cc1cccc2c(-n3c(=O)ccn(C)c3=O)cccc12)NC(=O)OC(C)(C)C. The van der Waals surface area contributed by atoms with Gasteiger partial charge in [-0.15, -0.1) is 0 Å². The Kier molecular flexibility index (Phi) is 6.71. The van der Waals surface area contributed by atoms with Gasteiger partial charge in [0.05, 0.1) is 12.8 Å². The van der Waals surface area contributed by atoms with Gasteiger partial charge in [-0.2, -0.15) is 0 Å². The van der Waals surface area contributed by atoms with Crippen molar-refractivity contribution in [2.45, 2.75) is 38.8 Å². The zero-order valence-electron chi connectivity index (χ0n) is 19.2. The van der Waals surface area contributed by atoms with E-state index in [1.165, 1.54) is 23.9 Å². The fourth-order valence-electron chi connectivity index (χ4n) is 3.52. The van der Waals surface area contributed by atoms with Crippen LogP contribution in [0.25, 0.3) is 16.5 Å². The van der Waals surface area contributed by atoms with Crippen LogP contribution in [-0.2, 0) is 27.7 Å². The van der Waals surface area contributed by atoms with E-state index in [0.29, 0.717) is 11.1 Å². The lowest BCUT2D eigenvalue weighted by Crippen LogP contribution is -2.45. The first-order valence-corrected chi connectivity index (χ1v) is 10.4. The van der Waals surface area contributed by atoms with Gasteiger partial charge in [-0.25, -0.2) is 19.0 Å². The van der Waals surface area contributed by atoms with Gasteiger partial charge in [0.25, 0.3) is 5.56 Å². The van der Waals surface area contributed by atoms with Gasteiger partial charge in [0.1, 0.15) is 11.6 Å². The molecule has 0 aliphatic carbocycles. The van der Waals surface area contributed by atoms with Gasteiger partial charge in [0.15, 0.2) is 0 Å². The summed E-state index contributed by atoms with van der Waals surface area (Å²) in [5.74, 6) is -0.623. The summed E-state index contributed by atoms with van der Waals surface area (Å²) >= 11 is 0. The van der Waals surface area contributed by atoms with E-state index < -0.39 is 35.0 Å². The van der Waals surface area contributed by atoms with Crippen LogP contribution < -0.4 is 16.6 Å². The minimum atomic E-state index is -0.994. The van der Waals surface area contributed by atoms with E-state index in [2.05, 4.69) is 5.32 Å². The minimum Gasteiger partial charge on any atom is -0.467 e. The van der Waals surface area contributed by atoms with Crippen molar-refractivity contribution in [3.05, 3.63) is 75.1 Å². The second-order valence-corrected chi connectivity index (χ2v) is 8.60. The molecule has 0 spiro atoms. The minimum absolute atomic E-state index is 0.119. The summed E-state index contributed by atoms with van der Waals surface area (Å²) in [6, 6.07) is 10.9. The van der Waals surface area contributed by atoms with Crippen LogP contribution in [0.4, 0.5) is 4.79 Å². The van der Waals surface area contributed by atoms with Gasteiger partial charge in [-0.3, -0.25) is 4.79 Å². The number of hydrogen-bond donors (Lipinski definition) is 1. The molecule has 1 N–H and O–H groups in total. The molecule has 1 aromatic heterocycles. The van der Waals surface area contributed by atoms with Crippen LogP contribution in [0.5, 0.6) is 0 Å². The highest BCUT2D eigenvalue weighted by Gasteiger charge is 2.26. The van der Waals surface area contributed by atoms with Gasteiger partial charge in [0.2, 0.25) is 0 Å². The maximum Gasteiger partial charge on any atom is 0.408 e. The molecule has 1 heterocycles. The number of aromatic nitrogens is 2. The fraction of sp³-hybridized carbons (Fsp3) is 0.333. The number of nitrogens with one attached hydrogen (secondary N) is 1. The predicted octanol–water partition coefficient (Wildman–Crippen LogP) is 2.30. The molecule has 0 saturated carbocycles. The normalized spacial score (nSPS) is 12.3. The van der Waals surface area contributed by atoms with E-state index >= 15 is 0 Å². The van der Waals surface area contributed by atoms with Gasteiger partial charge in [-0.1, -0.05) is 30.3 Å². The molecule has 0 aliphatic rings. The average molecular weight is 453 g/mol. The molecule has 9 nitrogen and oxygen atoms in total. The van der Waals surface area contributed by atoms with E-state index in [1.54, 1.807) is 52.1 Å². The number of ether oxygens (including phenoxy) is 2. The first-order valence-electron chi connectivity index (χ1n) is 10.4. The summed E-state index contributed by atoms with van der Waals surface area (Å²) in [5.41, 5.74) is -0.500. The maximum atomic E-state index is 12.7. The summed E-state index contributed by atoms with van der Waals surface area (Å²) in [6.07, 6.45) is 0.799. The number of rotatable bonds is 5. The van der Waals surface area contributed by atoms with Crippen molar-refractivity contribution < 1.29 is 19.1 Å². The topological polar surface area (TPSA) is 109 Å². The number of carbonyl (C=O) groups is 2. The van der Waals surface area contributed by atoms with E-state index in [4.69, 9.17) is 9.47 Å². The third-order valence-electron chi connectivity index (χ3n) is 4.99. The Morgan fingerprint density at radius 2 is 1.70 bits per heavy atom. The van der Waals surface area contributed by atoms with Crippen LogP contribution in [0.3, 0.4) is 0 Å². The Morgan fingerprint density at radius 1 is 1.03 bits per heavy atom. The van der Waals surface area contributed by atoms with Crippen molar-refractivity contribution >= 4 is 22.8 Å². The number of methoxy groups -OCH3 is 1. The Labute approximate surface area is 190 Å². The first-order chi connectivity index (χ1) is 15.5. The largest absolute Gasteiger partial charge is 0.467 e. The number of benzene rings is 2. The lowest BCUT2D eigenvalue weighted by atomic mass is 9.97. The third kappa shape index (κ3) is 5.31. The maximum absolute atomic E-state index is 12.7. The lowest BCUT2D eigenvalue weighted by Gasteiger charge is -2.23. The predicted molar refractivity (Wildman–Crippen MR) is 124 cm³/mol. The number of esters is 1. The third-order valence-corrected chi connectivity index (χ3v) is 4.99. The van der Waals surface area contributed by atoms with Crippen molar-refractivity contribution in [2.24, 2.45) is 7.05 Å². The van der Waals surface area contributed by atoms with E-state index in [-0.39, 0.29) is 6.42 Å². The summed E-state index contributed by atoms with van der Waals surface area (Å²) in [6.45, 7) is 5.17. The highest BCUT2D eigenvalue weighted by atomic mass is 16.6. The summed E-state index contributed by atoms with van der Waals surface area (Å²) < 4.78 is 12.6. The van der Waals surface area contributed by atoms with Gasteiger partial charge in [-0.05, 0) is 37.8 Å². The second-order valence-electron chi connectivity index (χ2n) is 8.60. The van der Waals surface area contributed by atoms with Crippen LogP contribution in [0, 0.1) is 0 Å². The average Bonchev–Trinajstić information content (AvgIpc) is 2.74. The standard InChI is InChI=1S/C24H27N3O6/c1-24(2,3)33-22(30)25-18(21(29)32-5)14-15-8-6-10-17-16(15)9-7-11-19(17)27-20(28)12-13-26(4)23(27)31/h6-13,18H,14H2,1-5H3,(H,25,30)/t18-/m0/s1. The molecular weight excluding hydrogens is 426 g/mol. The van der Waals surface area contributed by atoms with Crippen LogP contribution in [0.15, 0.2) is 58.3 Å². The number of alkyl carbamates (subject to hydrolysis) is 1. The number of carbonyl (C=O) groups excluding carboxylic acids is 2. The van der Waals surface area contributed by atoms with Crippen molar-refractivity contribution in [3.8, 4) is 5.69 Å². The van der Waals surface area contributed by atoms with Crippen molar-refractivity contribution in [1.82, 2.24) is 14.5 Å². The Hall–Kier alpha value is -3.88. The van der Waals surface area contributed by atoms with Crippen molar-refractivity contribution in [3.63, 3.8) is 0 Å². The molecule has 1 amide bonds. The molecule has 33 heavy (non-hydrogen) atoms. The molecule has 0 saturated heterocycles. The molecule has 174 valence electrons. The quantitative estimate of drug-likeness (QED) is 0.594. The van der Waals surface area contributed by atoms with Crippen LogP contribution >= 0.6 is 0 Å². The Morgan fingerprint density at radius 3 is 2.36 bits per heavy atom. The van der Waals surface area contributed by atoms with Crippen molar-refractivity contribution in [1.29, 1.82) is 0 Å². The Balaban J connectivity index is 2.06. The van der Waals surface area contributed by atoms with Crippen LogP contribution in [-0.4, -0.2) is 39.9 Å². The molecule has 0 unspecified atom stereocenters. The molecule has 0 bridgehead atoms. The van der Waals surface area contributed by atoms with E-state index in [0.717, 1.165) is 15.5 Å². The molecule has 9 heteroatoms. The molecule has 0 aliphatic heterocycles. The zero-order chi connectivity index (χ0) is 24.3. The van der Waals surface area contributed by atoms with Crippen molar-refractivity contribution in [2.75, 3.05) is 7.11 Å². The number of nitrogens with zero attached hydrogens (tertiary/aromatic N) is 2. The number of fused-ring (bicyclic) bond motifs is 1. The molecule has 1 atom stereocenters. The molecule has 0 radical (unpaired) electrons. The van der Waals surface area contributed by atoms with Crippen LogP contribution in [0.1, 0.15) is 26.3 Å². The highest BCUT2D eigenvalue weighted by molar-refractivity contribution is 5.93. The van der Waals surface area contributed by atoms with Gasteiger partial charge in [0, 0.05) is 31.1 Å². The van der Waals surface area contributed by atoms with Crippen LogP contribution in [0.2, 0.25) is 0 Å². The Bertz CT molecular complexity index is 1320. The summed E-state index contributed by atoms with van der Waals surface area (Å²) in [7, 11) is 2.81. The number of hydrogen-bond acceptors (Lipinski definition) is 6. The van der Waals surface area contributed by atoms with Gasteiger partial charge < -0.3 is 19.4 Å². The molecule has 2 aromatic carbocycles. The number of aryl methyl sites for hydroxylation is 1. The van der Waals surface area contributed by atoms with Gasteiger partial charge >= 0.3 is 17.8 Å². The van der Waals surface area contributed by atoms with E-state index in [9.17, 15) is 19.2 Å². The van der Waals surface area contributed by atoms with E-state index in [1.807, 2.05) is 12.1 Å². The summed E-state index contributed by atoms with van der Waals surface area (Å²) in [5, 5.41) is 3.95.